The third kappa shape index (κ3) is 2.54. The number of nitro groups is 1. The van der Waals surface area contributed by atoms with E-state index in [4.69, 9.17) is 4.74 Å². The Labute approximate surface area is 150 Å². The Hall–Kier alpha value is -3.15. The summed E-state index contributed by atoms with van der Waals surface area (Å²) in [4.78, 5) is 22.7. The molecule has 6 nitrogen and oxygen atoms in total. The number of nitro benzene ring substituents is 1. The molecule has 1 aliphatic carbocycles. The van der Waals surface area contributed by atoms with Gasteiger partial charge in [0, 0.05) is 18.1 Å². The number of rotatable bonds is 3. The molecule has 0 bridgehead atoms. The molecule has 2 aromatic carbocycles. The first kappa shape index (κ1) is 16.3. The molecule has 0 unspecified atom stereocenters. The van der Waals surface area contributed by atoms with Crippen molar-refractivity contribution in [3.05, 3.63) is 81.4 Å². The second kappa shape index (κ2) is 6.29. The zero-order valence-electron chi connectivity index (χ0n) is 14.2. The van der Waals surface area contributed by atoms with Gasteiger partial charge < -0.3 is 10.1 Å². The number of methoxy groups -OCH3 is 1. The number of non-ortho nitro benzene ring substituents is 1. The van der Waals surface area contributed by atoms with Gasteiger partial charge in [0.05, 0.1) is 29.3 Å². The first-order valence-electron chi connectivity index (χ1n) is 8.49. The number of ether oxygens (including phenoxy) is 1. The molecule has 3 atom stereocenters. The van der Waals surface area contributed by atoms with E-state index in [1.54, 1.807) is 18.2 Å². The SMILES string of the molecule is COC(=O)c1cccc2c1N[C@@H](c1ccc([N+](=O)[O-])cc1)[C@H]1CC=C[C@H]21. The molecule has 6 heteroatoms. The molecule has 1 heterocycles. The summed E-state index contributed by atoms with van der Waals surface area (Å²) in [6, 6.07) is 12.3. The van der Waals surface area contributed by atoms with E-state index in [2.05, 4.69) is 17.5 Å². The van der Waals surface area contributed by atoms with E-state index in [-0.39, 0.29) is 23.6 Å². The van der Waals surface area contributed by atoms with Crippen molar-refractivity contribution < 1.29 is 14.5 Å². The lowest BCUT2D eigenvalue weighted by atomic mass is 9.76. The molecule has 0 spiro atoms. The maximum absolute atomic E-state index is 12.2. The quantitative estimate of drug-likeness (QED) is 0.388. The fourth-order valence-corrected chi connectivity index (χ4v) is 4.03. The summed E-state index contributed by atoms with van der Waals surface area (Å²) in [6.45, 7) is 0. The van der Waals surface area contributed by atoms with Crippen LogP contribution in [0.15, 0.2) is 54.6 Å². The van der Waals surface area contributed by atoms with Crippen LogP contribution in [0.1, 0.15) is 39.9 Å². The number of hydrogen-bond donors (Lipinski definition) is 1. The average Bonchev–Trinajstić information content (AvgIpc) is 3.16. The average molecular weight is 350 g/mol. The summed E-state index contributed by atoms with van der Waals surface area (Å²) >= 11 is 0. The largest absolute Gasteiger partial charge is 0.465 e. The number of para-hydroxylation sites is 1. The lowest BCUT2D eigenvalue weighted by molar-refractivity contribution is -0.384. The Bertz CT molecular complexity index is 905. The highest BCUT2D eigenvalue weighted by Crippen LogP contribution is 2.50. The Kier molecular flexibility index (Phi) is 3.95. The molecule has 2 aromatic rings. The molecule has 0 radical (unpaired) electrons. The molecule has 0 fully saturated rings. The monoisotopic (exact) mass is 350 g/mol. The number of nitrogens with zero attached hydrogens (tertiary/aromatic N) is 1. The Morgan fingerprint density at radius 2 is 2.00 bits per heavy atom. The van der Waals surface area contributed by atoms with Gasteiger partial charge in [-0.15, -0.1) is 0 Å². The van der Waals surface area contributed by atoms with Gasteiger partial charge in [-0.3, -0.25) is 10.1 Å². The van der Waals surface area contributed by atoms with E-state index in [0.29, 0.717) is 11.5 Å². The minimum Gasteiger partial charge on any atom is -0.465 e. The maximum atomic E-state index is 12.2. The van der Waals surface area contributed by atoms with Crippen LogP contribution in [0.25, 0.3) is 0 Å². The van der Waals surface area contributed by atoms with Crippen LogP contribution < -0.4 is 5.32 Å². The summed E-state index contributed by atoms with van der Waals surface area (Å²) in [5.41, 5.74) is 3.43. The predicted octanol–water partition coefficient (Wildman–Crippen LogP) is 4.21. The third-order valence-electron chi connectivity index (χ3n) is 5.27. The predicted molar refractivity (Wildman–Crippen MR) is 97.2 cm³/mol. The first-order chi connectivity index (χ1) is 12.6. The number of carbonyl (C=O) groups is 1. The van der Waals surface area contributed by atoms with Gasteiger partial charge in [0.2, 0.25) is 0 Å². The molecule has 1 aliphatic heterocycles. The van der Waals surface area contributed by atoms with Gasteiger partial charge in [-0.05, 0) is 29.5 Å². The van der Waals surface area contributed by atoms with E-state index < -0.39 is 4.92 Å². The van der Waals surface area contributed by atoms with Crippen LogP contribution >= 0.6 is 0 Å². The van der Waals surface area contributed by atoms with Crippen LogP contribution in [-0.2, 0) is 4.74 Å². The third-order valence-corrected chi connectivity index (χ3v) is 5.27. The molecular weight excluding hydrogens is 332 g/mol. The topological polar surface area (TPSA) is 81.5 Å². The van der Waals surface area contributed by atoms with Crippen molar-refractivity contribution in [1.29, 1.82) is 0 Å². The summed E-state index contributed by atoms with van der Waals surface area (Å²) in [5, 5.41) is 14.4. The zero-order chi connectivity index (χ0) is 18.3. The fourth-order valence-electron chi connectivity index (χ4n) is 4.03. The summed E-state index contributed by atoms with van der Waals surface area (Å²) in [6.07, 6.45) is 5.26. The van der Waals surface area contributed by atoms with Crippen LogP contribution in [0.3, 0.4) is 0 Å². The van der Waals surface area contributed by atoms with Crippen molar-refractivity contribution in [2.24, 2.45) is 5.92 Å². The zero-order valence-corrected chi connectivity index (χ0v) is 14.2. The minimum atomic E-state index is -0.400. The molecule has 2 aliphatic rings. The van der Waals surface area contributed by atoms with E-state index in [0.717, 1.165) is 23.2 Å². The van der Waals surface area contributed by atoms with Crippen molar-refractivity contribution in [3.8, 4) is 0 Å². The molecule has 0 saturated heterocycles. The standard InChI is InChI=1S/C20H18N2O4/c1-26-20(23)17-7-3-6-16-14-4-2-5-15(14)18(21-19(16)17)12-8-10-13(11-9-12)22(24)25/h2-4,6-11,14-15,18,21H,5H2,1H3/t14-,15-,18-/m0/s1. The van der Waals surface area contributed by atoms with Gasteiger partial charge in [-0.1, -0.05) is 36.4 Å². The second-order valence-electron chi connectivity index (χ2n) is 6.59. The number of anilines is 1. The number of benzene rings is 2. The number of allylic oxidation sites excluding steroid dienone is 2. The van der Waals surface area contributed by atoms with Gasteiger partial charge in [-0.2, -0.15) is 0 Å². The van der Waals surface area contributed by atoms with E-state index in [1.165, 1.54) is 19.2 Å². The molecule has 26 heavy (non-hydrogen) atoms. The molecule has 4 rings (SSSR count). The molecular formula is C20H18N2O4. The van der Waals surface area contributed by atoms with Gasteiger partial charge in [0.1, 0.15) is 0 Å². The fraction of sp³-hybridized carbons (Fsp3) is 0.250. The Morgan fingerprint density at radius 3 is 2.69 bits per heavy atom. The number of nitrogens with one attached hydrogen (secondary N) is 1. The molecule has 132 valence electrons. The lowest BCUT2D eigenvalue weighted by Crippen LogP contribution is -2.30. The van der Waals surface area contributed by atoms with Gasteiger partial charge >= 0.3 is 5.97 Å². The lowest BCUT2D eigenvalue weighted by Gasteiger charge is -2.38. The number of fused-ring (bicyclic) bond motifs is 3. The minimum absolute atomic E-state index is 0.0332. The molecule has 0 aromatic heterocycles. The van der Waals surface area contributed by atoms with E-state index >= 15 is 0 Å². The van der Waals surface area contributed by atoms with Crippen LogP contribution in [0.4, 0.5) is 11.4 Å². The number of esters is 1. The van der Waals surface area contributed by atoms with Crippen LogP contribution in [-0.4, -0.2) is 18.0 Å². The summed E-state index contributed by atoms with van der Waals surface area (Å²) < 4.78 is 4.92. The maximum Gasteiger partial charge on any atom is 0.339 e. The highest BCUT2D eigenvalue weighted by atomic mass is 16.6. The van der Waals surface area contributed by atoms with Crippen LogP contribution in [0.5, 0.6) is 0 Å². The van der Waals surface area contributed by atoms with Crippen LogP contribution in [0, 0.1) is 16.0 Å². The normalized spacial score (nSPS) is 22.9. The Balaban J connectivity index is 1.78. The van der Waals surface area contributed by atoms with Gasteiger partial charge in [0.15, 0.2) is 0 Å². The second-order valence-corrected chi connectivity index (χ2v) is 6.59. The van der Waals surface area contributed by atoms with Crippen molar-refractivity contribution in [3.63, 3.8) is 0 Å². The van der Waals surface area contributed by atoms with Crippen LogP contribution in [0.2, 0.25) is 0 Å². The number of carbonyl (C=O) groups excluding carboxylic acids is 1. The van der Waals surface area contributed by atoms with E-state index in [9.17, 15) is 14.9 Å². The Morgan fingerprint density at radius 1 is 1.23 bits per heavy atom. The highest BCUT2D eigenvalue weighted by molar-refractivity contribution is 5.97. The molecule has 0 amide bonds. The highest BCUT2D eigenvalue weighted by Gasteiger charge is 2.39. The van der Waals surface area contributed by atoms with Crippen molar-refractivity contribution >= 4 is 17.3 Å². The van der Waals surface area contributed by atoms with Crippen molar-refractivity contribution in [1.82, 2.24) is 0 Å². The van der Waals surface area contributed by atoms with Gasteiger partial charge in [0.25, 0.3) is 5.69 Å². The molecule has 1 N–H and O–H groups in total. The van der Waals surface area contributed by atoms with Crippen molar-refractivity contribution in [2.45, 2.75) is 18.4 Å². The van der Waals surface area contributed by atoms with Crippen molar-refractivity contribution in [2.75, 3.05) is 12.4 Å². The number of hydrogen-bond acceptors (Lipinski definition) is 5. The van der Waals surface area contributed by atoms with E-state index in [1.807, 2.05) is 12.1 Å². The summed E-state index contributed by atoms with van der Waals surface area (Å²) in [5.74, 6) is 0.130. The van der Waals surface area contributed by atoms with Gasteiger partial charge in [-0.25, -0.2) is 4.79 Å². The smallest absolute Gasteiger partial charge is 0.339 e. The first-order valence-corrected chi connectivity index (χ1v) is 8.49. The molecule has 0 saturated carbocycles. The summed E-state index contributed by atoms with van der Waals surface area (Å²) in [7, 11) is 1.37.